The fraction of sp³-hybridized carbons (Fsp3) is 0.333. The highest BCUT2D eigenvalue weighted by atomic mass is 16.5. The summed E-state index contributed by atoms with van der Waals surface area (Å²) in [6, 6.07) is 2.71. The van der Waals surface area contributed by atoms with Gasteiger partial charge in [-0.05, 0) is 31.6 Å². The molecule has 6 nitrogen and oxygen atoms in total. The Hall–Kier alpha value is -2.50. The molecule has 1 rings (SSSR count). The number of carbonyl (C=O) groups excluding carboxylic acids is 1. The molecular formula is C15H18O6. The smallest absolute Gasteiger partial charge is 0.343 e. The monoisotopic (exact) mass is 294 g/mol. The molecule has 0 heterocycles. The Labute approximate surface area is 122 Å². The second-order valence-corrected chi connectivity index (χ2v) is 4.42. The molecule has 0 fully saturated rings. The number of rotatable bonds is 6. The van der Waals surface area contributed by atoms with Crippen molar-refractivity contribution in [2.24, 2.45) is 0 Å². The Bertz CT molecular complexity index is 571. The van der Waals surface area contributed by atoms with Crippen LogP contribution >= 0.6 is 0 Å². The van der Waals surface area contributed by atoms with Crippen molar-refractivity contribution in [2.75, 3.05) is 21.3 Å². The molecule has 1 aromatic rings. The first-order valence-corrected chi connectivity index (χ1v) is 6.12. The molecule has 0 saturated heterocycles. The van der Waals surface area contributed by atoms with E-state index < -0.39 is 5.97 Å². The molecule has 6 heteroatoms. The van der Waals surface area contributed by atoms with Crippen LogP contribution in [0.5, 0.6) is 11.5 Å². The molecule has 1 aromatic carbocycles. The molecule has 0 aliphatic rings. The second kappa shape index (κ2) is 6.78. The van der Waals surface area contributed by atoms with E-state index in [9.17, 15) is 14.7 Å². The van der Waals surface area contributed by atoms with E-state index in [-0.39, 0.29) is 34.2 Å². The summed E-state index contributed by atoms with van der Waals surface area (Å²) in [5, 5.41) is 9.20. The summed E-state index contributed by atoms with van der Waals surface area (Å²) >= 11 is 0. The summed E-state index contributed by atoms with van der Waals surface area (Å²) in [6.07, 6.45) is 0. The van der Waals surface area contributed by atoms with Crippen molar-refractivity contribution in [2.45, 2.75) is 13.8 Å². The molecule has 0 saturated carbocycles. The number of hydrogen-bond acceptors (Lipinski definition) is 5. The Morgan fingerprint density at radius 2 is 1.48 bits per heavy atom. The molecule has 0 amide bonds. The predicted octanol–water partition coefficient (Wildman–Crippen LogP) is 2.53. The second-order valence-electron chi connectivity index (χ2n) is 4.42. The maximum absolute atomic E-state index is 12.4. The molecular weight excluding hydrogens is 276 g/mol. The SMILES string of the molecule is COC(C(=O)c1cc(OC)c(C(=O)O)c(OC)c1)=C(C)C. The normalized spacial score (nSPS) is 9.76. The summed E-state index contributed by atoms with van der Waals surface area (Å²) in [7, 11) is 4.06. The highest BCUT2D eigenvalue weighted by molar-refractivity contribution is 6.09. The Morgan fingerprint density at radius 3 is 1.76 bits per heavy atom. The minimum atomic E-state index is -1.20. The van der Waals surface area contributed by atoms with Crippen LogP contribution in [0.4, 0.5) is 0 Å². The van der Waals surface area contributed by atoms with Crippen molar-refractivity contribution in [3.8, 4) is 11.5 Å². The number of ether oxygens (including phenoxy) is 3. The zero-order valence-corrected chi connectivity index (χ0v) is 12.6. The van der Waals surface area contributed by atoms with Gasteiger partial charge in [0.25, 0.3) is 0 Å². The summed E-state index contributed by atoms with van der Waals surface area (Å²) in [5.41, 5.74) is 0.808. The van der Waals surface area contributed by atoms with Gasteiger partial charge in [0.05, 0.1) is 21.3 Å². The van der Waals surface area contributed by atoms with E-state index in [0.29, 0.717) is 5.57 Å². The molecule has 0 aromatic heterocycles. The third-order valence-electron chi connectivity index (χ3n) is 2.85. The van der Waals surface area contributed by atoms with Crippen molar-refractivity contribution >= 4 is 11.8 Å². The number of carbonyl (C=O) groups is 2. The highest BCUT2D eigenvalue weighted by Gasteiger charge is 2.23. The number of Topliss-reactive ketones (excluding diaryl/α,β-unsaturated/α-hetero) is 1. The lowest BCUT2D eigenvalue weighted by atomic mass is 10.0. The van der Waals surface area contributed by atoms with Gasteiger partial charge in [0.2, 0.25) is 5.78 Å². The lowest BCUT2D eigenvalue weighted by Gasteiger charge is -2.13. The number of benzene rings is 1. The van der Waals surface area contributed by atoms with E-state index in [0.717, 1.165) is 0 Å². The van der Waals surface area contributed by atoms with Gasteiger partial charge in [-0.25, -0.2) is 4.79 Å². The van der Waals surface area contributed by atoms with Crippen molar-refractivity contribution < 1.29 is 28.9 Å². The van der Waals surface area contributed by atoms with Crippen LogP contribution < -0.4 is 9.47 Å². The quantitative estimate of drug-likeness (QED) is 0.493. The fourth-order valence-corrected chi connectivity index (χ4v) is 1.91. The van der Waals surface area contributed by atoms with Gasteiger partial charge in [0, 0.05) is 5.56 Å². The van der Waals surface area contributed by atoms with E-state index in [1.54, 1.807) is 13.8 Å². The topological polar surface area (TPSA) is 82.1 Å². The average Bonchev–Trinajstić information content (AvgIpc) is 2.45. The first-order chi connectivity index (χ1) is 9.87. The van der Waals surface area contributed by atoms with E-state index in [2.05, 4.69) is 0 Å². The molecule has 114 valence electrons. The third kappa shape index (κ3) is 3.34. The Kier molecular flexibility index (Phi) is 5.35. The molecule has 21 heavy (non-hydrogen) atoms. The van der Waals surface area contributed by atoms with Crippen molar-refractivity contribution in [3.05, 3.63) is 34.6 Å². The van der Waals surface area contributed by atoms with E-state index in [1.807, 2.05) is 0 Å². The van der Waals surface area contributed by atoms with Gasteiger partial charge in [-0.2, -0.15) is 0 Å². The van der Waals surface area contributed by atoms with Crippen LogP contribution in [0.25, 0.3) is 0 Å². The van der Waals surface area contributed by atoms with Gasteiger partial charge >= 0.3 is 5.97 Å². The van der Waals surface area contributed by atoms with Crippen LogP contribution in [-0.4, -0.2) is 38.2 Å². The number of allylic oxidation sites excluding steroid dienone is 2. The molecule has 0 aliphatic carbocycles. The fourth-order valence-electron chi connectivity index (χ4n) is 1.91. The first-order valence-electron chi connectivity index (χ1n) is 6.12. The lowest BCUT2D eigenvalue weighted by Crippen LogP contribution is -2.10. The van der Waals surface area contributed by atoms with Crippen molar-refractivity contribution in [3.63, 3.8) is 0 Å². The highest BCUT2D eigenvalue weighted by Crippen LogP contribution is 2.31. The number of carboxylic acid groups (broad SMARTS) is 1. The Balaban J connectivity index is 3.50. The molecule has 0 unspecified atom stereocenters. The van der Waals surface area contributed by atoms with Crippen LogP contribution in [0.2, 0.25) is 0 Å². The van der Waals surface area contributed by atoms with Crippen LogP contribution in [0, 0.1) is 0 Å². The van der Waals surface area contributed by atoms with E-state index >= 15 is 0 Å². The number of methoxy groups -OCH3 is 3. The van der Waals surface area contributed by atoms with Gasteiger partial charge in [0.1, 0.15) is 17.1 Å². The Morgan fingerprint density at radius 1 is 1.00 bits per heavy atom. The van der Waals surface area contributed by atoms with Crippen LogP contribution in [0.1, 0.15) is 34.6 Å². The summed E-state index contributed by atoms with van der Waals surface area (Å²) in [5.74, 6) is -1.27. The molecule has 0 atom stereocenters. The average molecular weight is 294 g/mol. The summed E-state index contributed by atoms with van der Waals surface area (Å²) in [6.45, 7) is 3.49. The number of hydrogen-bond donors (Lipinski definition) is 1. The number of aromatic carboxylic acids is 1. The largest absolute Gasteiger partial charge is 0.496 e. The van der Waals surface area contributed by atoms with Gasteiger partial charge in [-0.1, -0.05) is 0 Å². The van der Waals surface area contributed by atoms with Gasteiger partial charge in [-0.15, -0.1) is 0 Å². The van der Waals surface area contributed by atoms with E-state index in [1.165, 1.54) is 33.5 Å². The van der Waals surface area contributed by atoms with Gasteiger partial charge in [-0.3, -0.25) is 4.79 Å². The predicted molar refractivity (Wildman–Crippen MR) is 76.2 cm³/mol. The van der Waals surface area contributed by atoms with Crippen molar-refractivity contribution in [1.29, 1.82) is 0 Å². The summed E-state index contributed by atoms with van der Waals surface area (Å²) < 4.78 is 15.2. The lowest BCUT2D eigenvalue weighted by molar-refractivity contribution is 0.0689. The standard InChI is InChI=1S/C15H18O6/c1-8(2)14(21-5)13(16)9-6-10(19-3)12(15(17)18)11(7-9)20-4/h6-7H,1-5H3,(H,17,18). The van der Waals surface area contributed by atoms with Gasteiger partial charge < -0.3 is 19.3 Å². The minimum absolute atomic E-state index is 0.0504. The van der Waals surface area contributed by atoms with Gasteiger partial charge in [0.15, 0.2) is 5.76 Å². The minimum Gasteiger partial charge on any atom is -0.496 e. The molecule has 0 bridgehead atoms. The molecule has 0 spiro atoms. The maximum atomic E-state index is 12.4. The zero-order chi connectivity index (χ0) is 16.2. The summed E-state index contributed by atoms with van der Waals surface area (Å²) in [4.78, 5) is 23.7. The first kappa shape index (κ1) is 16.6. The number of ketones is 1. The zero-order valence-electron chi connectivity index (χ0n) is 12.6. The van der Waals surface area contributed by atoms with Crippen LogP contribution in [0.3, 0.4) is 0 Å². The maximum Gasteiger partial charge on any atom is 0.343 e. The molecule has 0 aliphatic heterocycles. The van der Waals surface area contributed by atoms with Crippen LogP contribution in [-0.2, 0) is 4.74 Å². The number of carboxylic acids is 1. The van der Waals surface area contributed by atoms with Crippen molar-refractivity contribution in [1.82, 2.24) is 0 Å². The third-order valence-corrected chi connectivity index (χ3v) is 2.85. The molecule has 0 radical (unpaired) electrons. The van der Waals surface area contributed by atoms with E-state index in [4.69, 9.17) is 14.2 Å². The van der Waals surface area contributed by atoms with Crippen LogP contribution in [0.15, 0.2) is 23.5 Å². The molecule has 1 N–H and O–H groups in total.